The third-order valence-corrected chi connectivity index (χ3v) is 5.93. The van der Waals surface area contributed by atoms with E-state index in [1.165, 1.54) is 38.1 Å². The molecule has 0 bridgehead atoms. The van der Waals surface area contributed by atoms with Gasteiger partial charge in [-0.15, -0.1) is 11.8 Å². The van der Waals surface area contributed by atoms with E-state index in [4.69, 9.17) is 9.47 Å². The molecule has 0 aliphatic heterocycles. The van der Waals surface area contributed by atoms with Crippen LogP contribution in [0.1, 0.15) is 27.6 Å². The average molecular weight is 481 g/mol. The van der Waals surface area contributed by atoms with Gasteiger partial charge in [0.15, 0.2) is 0 Å². The number of ether oxygens (including phenoxy) is 2. The number of hydrogen-bond donors (Lipinski definition) is 3. The number of hydrogen-bond acceptors (Lipinski definition) is 6. The van der Waals surface area contributed by atoms with Crippen molar-refractivity contribution in [2.45, 2.75) is 17.1 Å². The molecule has 3 aromatic rings. The molecule has 176 valence electrons. The number of thioether (sulfide) groups is 1. The quantitative estimate of drug-likeness (QED) is 0.378. The maximum absolute atomic E-state index is 12.7. The molecule has 0 heterocycles. The molecular formula is C25H24N2O6S. The van der Waals surface area contributed by atoms with Gasteiger partial charge in [0.05, 0.1) is 30.6 Å². The highest BCUT2D eigenvalue weighted by atomic mass is 32.2. The molecule has 0 fully saturated rings. The highest BCUT2D eigenvalue weighted by Gasteiger charge is 2.17. The van der Waals surface area contributed by atoms with E-state index < -0.39 is 17.1 Å². The van der Waals surface area contributed by atoms with E-state index in [-0.39, 0.29) is 17.0 Å². The molecule has 1 unspecified atom stereocenters. The number of carboxylic acids is 1. The van der Waals surface area contributed by atoms with Gasteiger partial charge in [-0.1, -0.05) is 12.1 Å². The first-order chi connectivity index (χ1) is 16.3. The van der Waals surface area contributed by atoms with Crippen LogP contribution in [-0.4, -0.2) is 42.4 Å². The normalized spacial score (nSPS) is 11.3. The minimum atomic E-state index is -1.17. The molecular weight excluding hydrogens is 456 g/mol. The van der Waals surface area contributed by atoms with E-state index in [1.54, 1.807) is 61.5 Å². The summed E-state index contributed by atoms with van der Waals surface area (Å²) < 4.78 is 10.4. The molecule has 0 saturated carbocycles. The predicted molar refractivity (Wildman–Crippen MR) is 131 cm³/mol. The lowest BCUT2D eigenvalue weighted by Crippen LogP contribution is -2.22. The molecule has 3 N–H and O–H groups in total. The van der Waals surface area contributed by atoms with Gasteiger partial charge in [-0.05, 0) is 43.3 Å². The highest BCUT2D eigenvalue weighted by molar-refractivity contribution is 8.00. The molecule has 0 aromatic heterocycles. The van der Waals surface area contributed by atoms with Gasteiger partial charge in [0.25, 0.3) is 5.91 Å². The Bertz CT molecular complexity index is 1170. The van der Waals surface area contributed by atoms with Crippen LogP contribution in [0.5, 0.6) is 11.5 Å². The zero-order chi connectivity index (χ0) is 24.7. The number of amides is 2. The van der Waals surface area contributed by atoms with Gasteiger partial charge in [-0.3, -0.25) is 9.59 Å². The zero-order valence-corrected chi connectivity index (χ0v) is 19.6. The number of aromatic carboxylic acids is 1. The summed E-state index contributed by atoms with van der Waals surface area (Å²) in [4.78, 5) is 37.3. The van der Waals surface area contributed by atoms with Crippen LogP contribution < -0.4 is 20.1 Å². The van der Waals surface area contributed by atoms with E-state index in [2.05, 4.69) is 10.6 Å². The van der Waals surface area contributed by atoms with Crippen molar-refractivity contribution in [2.75, 3.05) is 24.9 Å². The van der Waals surface area contributed by atoms with Crippen molar-refractivity contribution >= 4 is 40.9 Å². The van der Waals surface area contributed by atoms with Crippen LogP contribution in [0.3, 0.4) is 0 Å². The molecule has 0 saturated heterocycles. The summed E-state index contributed by atoms with van der Waals surface area (Å²) in [6.07, 6.45) is 0. The van der Waals surface area contributed by atoms with Gasteiger partial charge < -0.3 is 25.2 Å². The maximum Gasteiger partial charge on any atom is 0.336 e. The number of nitrogens with one attached hydrogen (secondary N) is 2. The van der Waals surface area contributed by atoms with Crippen molar-refractivity contribution < 1.29 is 29.0 Å². The van der Waals surface area contributed by atoms with Crippen molar-refractivity contribution in [1.82, 2.24) is 0 Å². The monoisotopic (exact) mass is 480 g/mol. The molecule has 0 aliphatic rings. The molecule has 3 aromatic carbocycles. The highest BCUT2D eigenvalue weighted by Crippen LogP contribution is 2.29. The Morgan fingerprint density at radius 1 is 0.824 bits per heavy atom. The van der Waals surface area contributed by atoms with Crippen molar-refractivity contribution in [3.63, 3.8) is 0 Å². The zero-order valence-electron chi connectivity index (χ0n) is 18.8. The van der Waals surface area contributed by atoms with Crippen molar-refractivity contribution in [1.29, 1.82) is 0 Å². The lowest BCUT2D eigenvalue weighted by atomic mass is 10.1. The first kappa shape index (κ1) is 24.7. The van der Waals surface area contributed by atoms with Gasteiger partial charge in [-0.2, -0.15) is 0 Å². The fourth-order valence-corrected chi connectivity index (χ4v) is 3.93. The van der Waals surface area contributed by atoms with E-state index in [0.29, 0.717) is 22.9 Å². The van der Waals surface area contributed by atoms with Crippen LogP contribution >= 0.6 is 11.8 Å². The first-order valence-corrected chi connectivity index (χ1v) is 11.1. The summed E-state index contributed by atoms with van der Waals surface area (Å²) in [5, 5.41) is 14.4. The minimum Gasteiger partial charge on any atom is -0.497 e. The van der Waals surface area contributed by atoms with Crippen LogP contribution in [-0.2, 0) is 4.79 Å². The molecule has 0 aliphatic carbocycles. The molecule has 2 amide bonds. The largest absolute Gasteiger partial charge is 0.497 e. The molecule has 9 heteroatoms. The first-order valence-electron chi connectivity index (χ1n) is 10.2. The van der Waals surface area contributed by atoms with E-state index >= 15 is 0 Å². The van der Waals surface area contributed by atoms with E-state index in [9.17, 15) is 19.5 Å². The van der Waals surface area contributed by atoms with Crippen LogP contribution in [0.4, 0.5) is 11.4 Å². The van der Waals surface area contributed by atoms with Crippen LogP contribution in [0.15, 0.2) is 71.6 Å². The van der Waals surface area contributed by atoms with Gasteiger partial charge >= 0.3 is 5.97 Å². The van der Waals surface area contributed by atoms with Crippen LogP contribution in [0, 0.1) is 0 Å². The summed E-state index contributed by atoms with van der Waals surface area (Å²) in [6.45, 7) is 1.79. The third kappa shape index (κ3) is 6.29. The summed E-state index contributed by atoms with van der Waals surface area (Å²) in [6, 6.07) is 18.1. The fraction of sp³-hybridized carbons (Fsp3) is 0.160. The molecule has 8 nitrogen and oxygen atoms in total. The number of carbonyl (C=O) groups excluding carboxylic acids is 2. The molecule has 0 spiro atoms. The van der Waals surface area contributed by atoms with Gasteiger partial charge in [-0.25, -0.2) is 4.79 Å². The molecule has 34 heavy (non-hydrogen) atoms. The molecule has 3 rings (SSSR count). The van der Waals surface area contributed by atoms with Gasteiger partial charge in [0.1, 0.15) is 11.5 Å². The molecule has 1 atom stereocenters. The second kappa shape index (κ2) is 11.2. The predicted octanol–water partition coefficient (Wildman–Crippen LogP) is 4.77. The summed E-state index contributed by atoms with van der Waals surface area (Å²) in [5.41, 5.74) is 1.08. The fourth-order valence-electron chi connectivity index (χ4n) is 3.06. The number of carbonyl (C=O) groups is 3. The standard InChI is InChI=1S/C25H24N2O6S/c1-15(23(28)27-17-12-18(32-2)14-19(13-17)33-3)34-20-10-8-16(9-11-20)26-24(29)21-6-4-5-7-22(21)25(30)31/h4-15H,1-3H3,(H,26,29)(H,27,28)(H,30,31). The number of benzene rings is 3. The van der Waals surface area contributed by atoms with Crippen molar-refractivity contribution in [2.24, 2.45) is 0 Å². The Morgan fingerprint density at radius 2 is 1.41 bits per heavy atom. The summed E-state index contributed by atoms with van der Waals surface area (Å²) in [7, 11) is 3.08. The summed E-state index contributed by atoms with van der Waals surface area (Å²) >= 11 is 1.36. The van der Waals surface area contributed by atoms with Gasteiger partial charge in [0.2, 0.25) is 5.91 Å². The number of carboxylic acid groups (broad SMARTS) is 1. The van der Waals surface area contributed by atoms with Gasteiger partial charge in [0, 0.05) is 34.5 Å². The lowest BCUT2D eigenvalue weighted by Gasteiger charge is -2.14. The SMILES string of the molecule is COc1cc(NC(=O)C(C)Sc2ccc(NC(=O)c3ccccc3C(=O)O)cc2)cc(OC)c1. The second-order valence-corrected chi connectivity index (χ2v) is 8.59. The Morgan fingerprint density at radius 3 is 1.97 bits per heavy atom. The number of anilines is 2. The average Bonchev–Trinajstić information content (AvgIpc) is 2.84. The minimum absolute atomic E-state index is 0.0688. The second-order valence-electron chi connectivity index (χ2n) is 7.18. The Labute approximate surface area is 201 Å². The Kier molecular flexibility index (Phi) is 8.15. The van der Waals surface area contributed by atoms with Crippen molar-refractivity contribution in [3.8, 4) is 11.5 Å². The lowest BCUT2D eigenvalue weighted by molar-refractivity contribution is -0.115. The number of rotatable bonds is 9. The smallest absolute Gasteiger partial charge is 0.336 e. The Hall–Kier alpha value is -3.98. The summed E-state index contributed by atoms with van der Waals surface area (Å²) in [5.74, 6) is -0.739. The molecule has 0 radical (unpaired) electrons. The van der Waals surface area contributed by atoms with E-state index in [1.807, 2.05) is 0 Å². The van der Waals surface area contributed by atoms with Crippen LogP contribution in [0.2, 0.25) is 0 Å². The maximum atomic E-state index is 12.7. The Balaban J connectivity index is 1.61. The number of methoxy groups -OCH3 is 2. The topological polar surface area (TPSA) is 114 Å². The third-order valence-electron chi connectivity index (χ3n) is 4.82. The van der Waals surface area contributed by atoms with Crippen LogP contribution in [0.25, 0.3) is 0 Å². The van der Waals surface area contributed by atoms with E-state index in [0.717, 1.165) is 4.90 Å². The van der Waals surface area contributed by atoms with Crippen molar-refractivity contribution in [3.05, 3.63) is 77.9 Å².